The fourth-order valence-corrected chi connectivity index (χ4v) is 6.69. The van der Waals surface area contributed by atoms with E-state index in [-0.39, 0.29) is 21.6 Å². The molecule has 0 saturated carbocycles. The molecule has 2 aromatic carbocycles. The van der Waals surface area contributed by atoms with Crippen molar-refractivity contribution in [3.05, 3.63) is 57.7 Å². The lowest BCUT2D eigenvalue weighted by molar-refractivity contribution is -0.120. The number of anilines is 1. The Balaban J connectivity index is 1.44. The minimum Gasteiger partial charge on any atom is -0.326 e. The van der Waals surface area contributed by atoms with E-state index in [0.717, 1.165) is 34.5 Å². The van der Waals surface area contributed by atoms with E-state index in [1.165, 1.54) is 4.31 Å². The Hall–Kier alpha value is -2.49. The van der Waals surface area contributed by atoms with Crippen LogP contribution in [0.3, 0.4) is 0 Å². The number of amides is 1. The van der Waals surface area contributed by atoms with Crippen LogP contribution in [0.25, 0.3) is 10.2 Å². The molecule has 9 heteroatoms. The van der Waals surface area contributed by atoms with Crippen molar-refractivity contribution in [1.82, 2.24) is 8.87 Å². The summed E-state index contributed by atoms with van der Waals surface area (Å²) in [7, 11) is -3.68. The number of piperidine rings is 1. The number of carbonyl (C=O) groups excluding carboxylic acids is 1. The van der Waals surface area contributed by atoms with Gasteiger partial charge >= 0.3 is 4.87 Å². The number of aromatic nitrogens is 1. The van der Waals surface area contributed by atoms with Crippen molar-refractivity contribution < 1.29 is 13.2 Å². The van der Waals surface area contributed by atoms with Crippen molar-refractivity contribution in [3.8, 4) is 0 Å². The highest BCUT2D eigenvalue weighted by atomic mass is 32.2. The molecule has 0 aliphatic carbocycles. The first-order chi connectivity index (χ1) is 15.3. The quantitative estimate of drug-likeness (QED) is 0.591. The number of hydrogen-bond donors (Lipinski definition) is 1. The van der Waals surface area contributed by atoms with Gasteiger partial charge in [0, 0.05) is 31.2 Å². The van der Waals surface area contributed by atoms with Crippen LogP contribution in [-0.4, -0.2) is 36.3 Å². The van der Waals surface area contributed by atoms with Gasteiger partial charge in [-0.15, -0.1) is 0 Å². The SMILES string of the molecule is CCc1cccc(NC(=O)C2CCN(S(=O)(=O)c3ccc4c(c3)sc(=O)n4CC)CC2)c1. The van der Waals surface area contributed by atoms with Gasteiger partial charge in [-0.3, -0.25) is 14.2 Å². The van der Waals surface area contributed by atoms with Crippen LogP contribution in [0.15, 0.2) is 52.2 Å². The van der Waals surface area contributed by atoms with Gasteiger partial charge in [0.25, 0.3) is 0 Å². The van der Waals surface area contributed by atoms with Gasteiger partial charge < -0.3 is 5.32 Å². The van der Waals surface area contributed by atoms with Crippen molar-refractivity contribution in [2.24, 2.45) is 5.92 Å². The second kappa shape index (κ2) is 9.17. The van der Waals surface area contributed by atoms with E-state index >= 15 is 0 Å². The highest BCUT2D eigenvalue weighted by molar-refractivity contribution is 7.89. The smallest absolute Gasteiger partial charge is 0.308 e. The maximum absolute atomic E-state index is 13.2. The molecular formula is C23H27N3O4S2. The number of fused-ring (bicyclic) bond motifs is 1. The summed E-state index contributed by atoms with van der Waals surface area (Å²) in [5.74, 6) is -0.291. The van der Waals surface area contributed by atoms with Crippen LogP contribution >= 0.6 is 11.3 Å². The highest BCUT2D eigenvalue weighted by Crippen LogP contribution is 2.28. The zero-order valence-corrected chi connectivity index (χ0v) is 19.8. The number of benzene rings is 2. The van der Waals surface area contributed by atoms with Crippen molar-refractivity contribution in [1.29, 1.82) is 0 Å². The van der Waals surface area contributed by atoms with Gasteiger partial charge in [0.2, 0.25) is 15.9 Å². The normalized spacial score (nSPS) is 15.8. The monoisotopic (exact) mass is 473 g/mol. The Morgan fingerprint density at radius 2 is 1.88 bits per heavy atom. The van der Waals surface area contributed by atoms with E-state index in [1.807, 2.05) is 31.2 Å². The van der Waals surface area contributed by atoms with Crippen molar-refractivity contribution in [3.63, 3.8) is 0 Å². The molecule has 1 aromatic heterocycles. The highest BCUT2D eigenvalue weighted by Gasteiger charge is 2.32. The molecule has 1 amide bonds. The van der Waals surface area contributed by atoms with E-state index in [2.05, 4.69) is 12.2 Å². The minimum absolute atomic E-state index is 0.0672. The van der Waals surface area contributed by atoms with Gasteiger partial charge in [-0.2, -0.15) is 4.31 Å². The maximum Gasteiger partial charge on any atom is 0.308 e. The molecule has 0 atom stereocenters. The van der Waals surface area contributed by atoms with Crippen LogP contribution < -0.4 is 10.2 Å². The van der Waals surface area contributed by atoms with Gasteiger partial charge in [0.15, 0.2) is 0 Å². The predicted octanol–water partition coefficient (Wildman–Crippen LogP) is 3.68. The second-order valence-corrected chi connectivity index (χ2v) is 10.9. The first-order valence-corrected chi connectivity index (χ1v) is 13.1. The van der Waals surface area contributed by atoms with Crippen LogP contribution in [0, 0.1) is 5.92 Å². The molecule has 1 N–H and O–H groups in total. The van der Waals surface area contributed by atoms with Crippen LogP contribution in [0.2, 0.25) is 0 Å². The average Bonchev–Trinajstić information content (AvgIpc) is 3.13. The summed E-state index contributed by atoms with van der Waals surface area (Å²) in [5, 5.41) is 2.97. The topological polar surface area (TPSA) is 88.5 Å². The minimum atomic E-state index is -3.68. The average molecular weight is 474 g/mol. The lowest BCUT2D eigenvalue weighted by atomic mass is 9.97. The molecule has 1 saturated heterocycles. The van der Waals surface area contributed by atoms with E-state index in [4.69, 9.17) is 0 Å². The van der Waals surface area contributed by atoms with Gasteiger partial charge in [-0.1, -0.05) is 30.4 Å². The Morgan fingerprint density at radius 1 is 1.12 bits per heavy atom. The molecule has 3 aromatic rings. The summed E-state index contributed by atoms with van der Waals surface area (Å²) in [6.07, 6.45) is 1.84. The van der Waals surface area contributed by atoms with E-state index in [0.29, 0.717) is 37.2 Å². The summed E-state index contributed by atoms with van der Waals surface area (Å²) in [4.78, 5) is 24.9. The number of hydrogen-bond acceptors (Lipinski definition) is 5. The number of rotatable bonds is 6. The van der Waals surface area contributed by atoms with Crippen molar-refractivity contribution in [2.75, 3.05) is 18.4 Å². The van der Waals surface area contributed by atoms with Gasteiger partial charge in [-0.05, 0) is 62.1 Å². The largest absolute Gasteiger partial charge is 0.326 e. The molecule has 1 aliphatic rings. The predicted molar refractivity (Wildman–Crippen MR) is 128 cm³/mol. The fraction of sp³-hybridized carbons (Fsp3) is 0.391. The molecule has 0 bridgehead atoms. The standard InChI is InChI=1S/C23H27N3O4S2/c1-3-16-6-5-7-18(14-16)24-22(27)17-10-12-25(13-11-17)32(29,30)19-8-9-20-21(15-19)31-23(28)26(20)4-2/h5-9,14-15,17H,3-4,10-13H2,1-2H3,(H,24,27). The fourth-order valence-electron chi connectivity index (χ4n) is 4.13. The molecule has 0 spiro atoms. The zero-order chi connectivity index (χ0) is 22.9. The summed E-state index contributed by atoms with van der Waals surface area (Å²) < 4.78 is 30.1. The molecular weight excluding hydrogens is 446 g/mol. The van der Waals surface area contributed by atoms with E-state index in [9.17, 15) is 18.0 Å². The Labute approximate surface area is 191 Å². The van der Waals surface area contributed by atoms with Crippen LogP contribution in [0.1, 0.15) is 32.3 Å². The summed E-state index contributed by atoms with van der Waals surface area (Å²) in [6, 6.07) is 12.6. The molecule has 1 aliphatic heterocycles. The molecule has 0 unspecified atom stereocenters. The Morgan fingerprint density at radius 3 is 2.56 bits per heavy atom. The van der Waals surface area contributed by atoms with E-state index in [1.54, 1.807) is 22.8 Å². The molecule has 32 heavy (non-hydrogen) atoms. The summed E-state index contributed by atoms with van der Waals surface area (Å²) in [5.41, 5.74) is 2.68. The molecule has 0 radical (unpaired) electrons. The first kappa shape index (κ1) is 22.7. The van der Waals surface area contributed by atoms with Gasteiger partial charge in [-0.25, -0.2) is 8.42 Å². The van der Waals surface area contributed by atoms with Crippen molar-refractivity contribution in [2.45, 2.75) is 44.6 Å². The Kier molecular flexibility index (Phi) is 6.50. The van der Waals surface area contributed by atoms with Crippen LogP contribution in [0.4, 0.5) is 5.69 Å². The number of carbonyl (C=O) groups is 1. The lowest BCUT2D eigenvalue weighted by Gasteiger charge is -2.30. The maximum atomic E-state index is 13.2. The van der Waals surface area contributed by atoms with Gasteiger partial charge in [0.05, 0.1) is 15.1 Å². The van der Waals surface area contributed by atoms with Crippen molar-refractivity contribution >= 4 is 43.2 Å². The Bertz CT molecular complexity index is 1300. The number of sulfonamides is 1. The number of nitrogens with one attached hydrogen (secondary N) is 1. The third kappa shape index (κ3) is 4.37. The number of nitrogens with zero attached hydrogens (tertiary/aromatic N) is 2. The summed E-state index contributed by atoms with van der Waals surface area (Å²) >= 11 is 1.06. The van der Waals surface area contributed by atoms with Gasteiger partial charge in [0.1, 0.15) is 0 Å². The second-order valence-electron chi connectivity index (χ2n) is 7.96. The molecule has 4 rings (SSSR count). The number of thiazole rings is 1. The number of aryl methyl sites for hydroxylation is 2. The lowest BCUT2D eigenvalue weighted by Crippen LogP contribution is -2.41. The third-order valence-electron chi connectivity index (χ3n) is 6.02. The zero-order valence-electron chi connectivity index (χ0n) is 18.2. The molecule has 1 fully saturated rings. The van der Waals surface area contributed by atoms with E-state index < -0.39 is 10.0 Å². The van der Waals surface area contributed by atoms with Crippen LogP contribution in [-0.2, 0) is 27.8 Å². The third-order valence-corrected chi connectivity index (χ3v) is 8.86. The first-order valence-electron chi connectivity index (χ1n) is 10.9. The summed E-state index contributed by atoms with van der Waals surface area (Å²) in [6.45, 7) is 5.08. The molecule has 2 heterocycles. The molecule has 7 nitrogen and oxygen atoms in total. The van der Waals surface area contributed by atoms with Crippen LogP contribution in [0.5, 0.6) is 0 Å². The molecule has 170 valence electrons.